The average Bonchev–Trinajstić information content (AvgIpc) is 2.68. The highest BCUT2D eigenvalue weighted by Gasteiger charge is 2.27. The zero-order valence-corrected chi connectivity index (χ0v) is 9.55. The second-order valence-corrected chi connectivity index (χ2v) is 4.68. The zero-order chi connectivity index (χ0) is 10.7. The second kappa shape index (κ2) is 5.05. The van der Waals surface area contributed by atoms with E-state index in [2.05, 4.69) is 23.8 Å². The molecule has 2 unspecified atom stereocenters. The van der Waals surface area contributed by atoms with Gasteiger partial charge >= 0.3 is 0 Å². The van der Waals surface area contributed by atoms with Gasteiger partial charge in [-0.15, -0.1) is 11.3 Å². The highest BCUT2D eigenvalue weighted by atomic mass is 32.1. The standard InChI is InChI=1S/C10H16N2O2S/c1-7-8(2-5-15-7)10(12-11)9-6-13-3-4-14-9/h2,5,9-10,12H,3-4,6,11H2,1H3. The van der Waals surface area contributed by atoms with E-state index in [0.717, 1.165) is 0 Å². The molecule has 1 fully saturated rings. The Balaban J connectivity index is 2.12. The highest BCUT2D eigenvalue weighted by molar-refractivity contribution is 7.10. The van der Waals surface area contributed by atoms with Crippen molar-refractivity contribution in [3.05, 3.63) is 21.9 Å². The molecule has 1 aliphatic heterocycles. The molecule has 0 aliphatic carbocycles. The summed E-state index contributed by atoms with van der Waals surface area (Å²) in [6, 6.07) is 2.11. The molecule has 2 atom stereocenters. The van der Waals surface area contributed by atoms with Gasteiger partial charge in [-0.1, -0.05) is 0 Å². The maximum atomic E-state index is 5.65. The molecule has 5 heteroatoms. The molecular formula is C10H16N2O2S. The molecule has 1 aromatic rings. The van der Waals surface area contributed by atoms with Crippen molar-refractivity contribution in [2.24, 2.45) is 5.84 Å². The van der Waals surface area contributed by atoms with E-state index in [1.54, 1.807) is 11.3 Å². The predicted octanol–water partition coefficient (Wildman–Crippen LogP) is 0.976. The summed E-state index contributed by atoms with van der Waals surface area (Å²) in [5.74, 6) is 5.58. The minimum absolute atomic E-state index is 0.0112. The van der Waals surface area contributed by atoms with E-state index < -0.39 is 0 Å². The van der Waals surface area contributed by atoms with Crippen molar-refractivity contribution in [1.29, 1.82) is 0 Å². The van der Waals surface area contributed by atoms with Crippen molar-refractivity contribution in [1.82, 2.24) is 5.43 Å². The van der Waals surface area contributed by atoms with E-state index in [-0.39, 0.29) is 12.1 Å². The van der Waals surface area contributed by atoms with Crippen LogP contribution in [0.5, 0.6) is 0 Å². The van der Waals surface area contributed by atoms with Gasteiger partial charge in [0.25, 0.3) is 0 Å². The molecule has 1 aliphatic rings. The van der Waals surface area contributed by atoms with Gasteiger partial charge < -0.3 is 9.47 Å². The topological polar surface area (TPSA) is 56.5 Å². The molecule has 0 spiro atoms. The minimum Gasteiger partial charge on any atom is -0.376 e. The molecule has 0 saturated carbocycles. The number of hydrogen-bond acceptors (Lipinski definition) is 5. The van der Waals surface area contributed by atoms with Gasteiger partial charge in [-0.25, -0.2) is 0 Å². The monoisotopic (exact) mass is 228 g/mol. The predicted molar refractivity (Wildman–Crippen MR) is 59.7 cm³/mol. The van der Waals surface area contributed by atoms with Crippen molar-refractivity contribution in [2.45, 2.75) is 19.1 Å². The van der Waals surface area contributed by atoms with E-state index in [1.165, 1.54) is 10.4 Å². The Bertz CT molecular complexity index is 310. The first-order valence-electron chi connectivity index (χ1n) is 5.02. The van der Waals surface area contributed by atoms with Crippen LogP contribution >= 0.6 is 11.3 Å². The van der Waals surface area contributed by atoms with Crippen LogP contribution < -0.4 is 11.3 Å². The molecule has 1 saturated heterocycles. The zero-order valence-electron chi connectivity index (χ0n) is 8.73. The number of nitrogens with one attached hydrogen (secondary N) is 1. The number of aryl methyl sites for hydroxylation is 1. The number of rotatable bonds is 3. The fourth-order valence-corrected chi connectivity index (χ4v) is 2.56. The van der Waals surface area contributed by atoms with Crippen molar-refractivity contribution >= 4 is 11.3 Å². The summed E-state index contributed by atoms with van der Waals surface area (Å²) < 4.78 is 11.0. The van der Waals surface area contributed by atoms with Crippen LogP contribution in [0.1, 0.15) is 16.5 Å². The first kappa shape index (κ1) is 11.0. The number of ether oxygens (including phenoxy) is 2. The first-order chi connectivity index (χ1) is 7.33. The summed E-state index contributed by atoms with van der Waals surface area (Å²) in [6.45, 7) is 4.01. The van der Waals surface area contributed by atoms with E-state index in [1.807, 2.05) is 0 Å². The number of hydrazine groups is 1. The number of hydrogen-bond donors (Lipinski definition) is 2. The maximum absolute atomic E-state index is 5.65. The number of nitrogens with two attached hydrogens (primary N) is 1. The van der Waals surface area contributed by atoms with Gasteiger partial charge in [-0.2, -0.15) is 0 Å². The third-order valence-electron chi connectivity index (χ3n) is 2.63. The van der Waals surface area contributed by atoms with E-state index >= 15 is 0 Å². The smallest absolute Gasteiger partial charge is 0.102 e. The van der Waals surface area contributed by atoms with Crippen molar-refractivity contribution < 1.29 is 9.47 Å². The molecular weight excluding hydrogens is 212 g/mol. The normalized spacial score (nSPS) is 24.0. The molecule has 1 aromatic heterocycles. The molecule has 4 nitrogen and oxygen atoms in total. The van der Waals surface area contributed by atoms with Gasteiger partial charge in [0.15, 0.2) is 0 Å². The SMILES string of the molecule is Cc1sccc1C(NN)C1COCCO1. The molecule has 3 N–H and O–H groups in total. The van der Waals surface area contributed by atoms with Crippen LogP contribution in [0.4, 0.5) is 0 Å². The molecule has 0 amide bonds. The fourth-order valence-electron chi connectivity index (χ4n) is 1.81. The average molecular weight is 228 g/mol. The van der Waals surface area contributed by atoms with Crippen molar-refractivity contribution in [2.75, 3.05) is 19.8 Å². The third-order valence-corrected chi connectivity index (χ3v) is 3.49. The van der Waals surface area contributed by atoms with Gasteiger partial charge in [0.05, 0.1) is 25.9 Å². The quantitative estimate of drug-likeness (QED) is 0.598. The van der Waals surface area contributed by atoms with Crippen molar-refractivity contribution in [3.8, 4) is 0 Å². The van der Waals surface area contributed by atoms with Crippen LogP contribution in [-0.4, -0.2) is 25.9 Å². The van der Waals surface area contributed by atoms with E-state index in [9.17, 15) is 0 Å². The van der Waals surface area contributed by atoms with Crippen LogP contribution in [0, 0.1) is 6.92 Å². The van der Waals surface area contributed by atoms with Crippen molar-refractivity contribution in [3.63, 3.8) is 0 Å². The summed E-state index contributed by atoms with van der Waals surface area (Å²) in [5, 5.41) is 2.07. The van der Waals surface area contributed by atoms with E-state index in [4.69, 9.17) is 15.3 Å². The second-order valence-electron chi connectivity index (χ2n) is 3.56. The van der Waals surface area contributed by atoms with Crippen LogP contribution in [0.15, 0.2) is 11.4 Å². The lowest BCUT2D eigenvalue weighted by Gasteiger charge is -2.30. The molecule has 0 radical (unpaired) electrons. The third kappa shape index (κ3) is 2.38. The van der Waals surface area contributed by atoms with Crippen LogP contribution in [0.25, 0.3) is 0 Å². The Labute approximate surface area is 93.3 Å². The molecule has 15 heavy (non-hydrogen) atoms. The molecule has 0 aromatic carbocycles. The van der Waals surface area contributed by atoms with Crippen LogP contribution in [0.2, 0.25) is 0 Å². The van der Waals surface area contributed by atoms with Gasteiger partial charge in [0.1, 0.15) is 6.10 Å². The molecule has 84 valence electrons. The fraction of sp³-hybridized carbons (Fsp3) is 0.600. The van der Waals surface area contributed by atoms with Gasteiger partial charge in [-0.3, -0.25) is 11.3 Å². The van der Waals surface area contributed by atoms with Gasteiger partial charge in [0, 0.05) is 4.88 Å². The molecule has 0 bridgehead atoms. The minimum atomic E-state index is 0.0112. The lowest BCUT2D eigenvalue weighted by atomic mass is 10.0. The van der Waals surface area contributed by atoms with Gasteiger partial charge in [0.2, 0.25) is 0 Å². The lowest BCUT2D eigenvalue weighted by Crippen LogP contribution is -2.43. The Hall–Kier alpha value is -0.460. The Kier molecular flexibility index (Phi) is 3.71. The maximum Gasteiger partial charge on any atom is 0.102 e. The Morgan fingerprint density at radius 1 is 1.60 bits per heavy atom. The number of thiophene rings is 1. The Morgan fingerprint density at radius 3 is 3.00 bits per heavy atom. The first-order valence-corrected chi connectivity index (χ1v) is 5.90. The lowest BCUT2D eigenvalue weighted by molar-refractivity contribution is -0.102. The highest BCUT2D eigenvalue weighted by Crippen LogP contribution is 2.26. The molecule has 2 heterocycles. The summed E-state index contributed by atoms with van der Waals surface area (Å²) in [5.41, 5.74) is 4.02. The summed E-state index contributed by atoms with van der Waals surface area (Å²) >= 11 is 1.72. The van der Waals surface area contributed by atoms with Gasteiger partial charge in [-0.05, 0) is 23.9 Å². The molecule has 2 rings (SSSR count). The Morgan fingerprint density at radius 2 is 2.47 bits per heavy atom. The summed E-state index contributed by atoms with van der Waals surface area (Å²) in [4.78, 5) is 1.27. The van der Waals surface area contributed by atoms with Crippen LogP contribution in [-0.2, 0) is 9.47 Å². The summed E-state index contributed by atoms with van der Waals surface area (Å²) in [6.07, 6.45) is 0.0112. The summed E-state index contributed by atoms with van der Waals surface area (Å²) in [7, 11) is 0. The largest absolute Gasteiger partial charge is 0.376 e. The van der Waals surface area contributed by atoms with E-state index in [0.29, 0.717) is 19.8 Å². The van der Waals surface area contributed by atoms with Crippen LogP contribution in [0.3, 0.4) is 0 Å².